The first-order valence-electron chi connectivity index (χ1n) is 4.85. The molecule has 1 rings (SSSR count). The second-order valence-electron chi connectivity index (χ2n) is 3.92. The van der Waals surface area contributed by atoms with Gasteiger partial charge < -0.3 is 10.0 Å². The molecular weight excluding hydrogens is 211 g/mol. The molecule has 1 N–H and O–H groups in total. The summed E-state index contributed by atoms with van der Waals surface area (Å²) in [5, 5.41) is 9.16. The highest BCUT2D eigenvalue weighted by Gasteiger charge is 2.57. The fourth-order valence-corrected chi connectivity index (χ4v) is 1.53. The van der Waals surface area contributed by atoms with Gasteiger partial charge in [-0.05, 0) is 26.2 Å². The van der Waals surface area contributed by atoms with Crippen molar-refractivity contribution in [3.05, 3.63) is 0 Å². The van der Waals surface area contributed by atoms with Crippen molar-refractivity contribution in [2.45, 2.75) is 38.0 Å². The number of hydrogen-bond acceptors (Lipinski definition) is 2. The van der Waals surface area contributed by atoms with Gasteiger partial charge in [0.1, 0.15) is 0 Å². The second-order valence-corrected chi connectivity index (χ2v) is 3.92. The number of alkyl halides is 3. The number of hydrogen-bond donors (Lipinski definition) is 1. The summed E-state index contributed by atoms with van der Waals surface area (Å²) < 4.78 is 37.0. The summed E-state index contributed by atoms with van der Waals surface area (Å²) in [6, 6.07) is 0. The van der Waals surface area contributed by atoms with Gasteiger partial charge in [0.25, 0.3) is 5.91 Å². The van der Waals surface area contributed by atoms with E-state index in [0.29, 0.717) is 32.9 Å². The molecule has 0 aromatic rings. The number of carbonyl (C=O) groups is 1. The molecule has 15 heavy (non-hydrogen) atoms. The number of rotatable bonds is 1. The third kappa shape index (κ3) is 2.42. The average Bonchev–Trinajstić information content (AvgIpc) is 2.16. The largest absolute Gasteiger partial charge is 0.426 e. The second kappa shape index (κ2) is 4.00. The summed E-state index contributed by atoms with van der Waals surface area (Å²) in [6.45, 7) is 1.10. The van der Waals surface area contributed by atoms with Gasteiger partial charge in [0.05, 0.1) is 0 Å². The molecule has 1 aliphatic rings. The van der Waals surface area contributed by atoms with Crippen LogP contribution in [0, 0.1) is 0 Å². The third-order valence-electron chi connectivity index (χ3n) is 2.61. The van der Waals surface area contributed by atoms with E-state index in [9.17, 15) is 18.0 Å². The van der Waals surface area contributed by atoms with Gasteiger partial charge in [0, 0.05) is 13.1 Å². The zero-order valence-corrected chi connectivity index (χ0v) is 8.47. The van der Waals surface area contributed by atoms with E-state index in [4.69, 9.17) is 5.11 Å². The van der Waals surface area contributed by atoms with Crippen LogP contribution < -0.4 is 0 Å². The van der Waals surface area contributed by atoms with E-state index in [2.05, 4.69) is 0 Å². The first kappa shape index (κ1) is 12.3. The minimum absolute atomic E-state index is 0.297. The maximum absolute atomic E-state index is 12.3. The molecule has 1 heterocycles. The molecule has 0 aliphatic carbocycles. The van der Waals surface area contributed by atoms with Crippen molar-refractivity contribution in [3.63, 3.8) is 0 Å². The van der Waals surface area contributed by atoms with E-state index in [1.165, 1.54) is 0 Å². The van der Waals surface area contributed by atoms with Crippen LogP contribution in [0.4, 0.5) is 13.2 Å². The molecular formula is C9H14F3NO2. The summed E-state index contributed by atoms with van der Waals surface area (Å²) >= 11 is 0. The highest BCUT2D eigenvalue weighted by Crippen LogP contribution is 2.32. The van der Waals surface area contributed by atoms with Gasteiger partial charge in [-0.3, -0.25) is 4.79 Å². The number of aliphatic hydroxyl groups is 1. The van der Waals surface area contributed by atoms with Crippen molar-refractivity contribution in [2.75, 3.05) is 13.1 Å². The van der Waals surface area contributed by atoms with E-state index in [1.807, 2.05) is 0 Å². The molecule has 1 saturated heterocycles. The molecule has 6 heteroatoms. The normalized spacial score (nSPS) is 22.3. The zero-order chi connectivity index (χ0) is 11.7. The number of carbonyl (C=O) groups excluding carboxylic acids is 1. The number of piperidine rings is 1. The predicted molar refractivity (Wildman–Crippen MR) is 47.1 cm³/mol. The lowest BCUT2D eigenvalue weighted by molar-refractivity contribution is -0.250. The predicted octanol–water partition coefficient (Wildman–Crippen LogP) is 1.31. The number of halogens is 3. The molecule has 1 aliphatic heterocycles. The summed E-state index contributed by atoms with van der Waals surface area (Å²) in [7, 11) is 0. The van der Waals surface area contributed by atoms with Crippen molar-refractivity contribution in [1.82, 2.24) is 4.90 Å². The van der Waals surface area contributed by atoms with Crippen molar-refractivity contribution in [1.29, 1.82) is 0 Å². The van der Waals surface area contributed by atoms with Crippen molar-refractivity contribution >= 4 is 5.91 Å². The molecule has 0 aromatic heterocycles. The quantitative estimate of drug-likeness (QED) is 0.731. The Morgan fingerprint density at radius 2 is 1.67 bits per heavy atom. The van der Waals surface area contributed by atoms with Crippen LogP contribution in [0.5, 0.6) is 0 Å². The summed E-state index contributed by atoms with van der Waals surface area (Å²) in [6.07, 6.45) is -2.61. The van der Waals surface area contributed by atoms with Crippen LogP contribution >= 0.6 is 0 Å². The van der Waals surface area contributed by atoms with Crippen LogP contribution in [0.2, 0.25) is 0 Å². The Bertz CT molecular complexity index is 244. The first-order chi connectivity index (χ1) is 6.77. The molecule has 0 bridgehead atoms. The fraction of sp³-hybridized carbons (Fsp3) is 0.889. The van der Waals surface area contributed by atoms with Gasteiger partial charge in [-0.2, -0.15) is 13.2 Å². The SMILES string of the molecule is CC(O)(C(=O)N1CCCCC1)C(F)(F)F. The Hall–Kier alpha value is -0.780. The van der Waals surface area contributed by atoms with Crippen LogP contribution in [-0.4, -0.2) is 40.8 Å². The third-order valence-corrected chi connectivity index (χ3v) is 2.61. The van der Waals surface area contributed by atoms with E-state index in [1.54, 1.807) is 0 Å². The van der Waals surface area contributed by atoms with E-state index >= 15 is 0 Å². The van der Waals surface area contributed by atoms with Crippen LogP contribution in [0.3, 0.4) is 0 Å². The van der Waals surface area contributed by atoms with Gasteiger partial charge in [0.15, 0.2) is 0 Å². The molecule has 88 valence electrons. The van der Waals surface area contributed by atoms with Crippen LogP contribution in [0.25, 0.3) is 0 Å². The molecule has 1 amide bonds. The average molecular weight is 225 g/mol. The van der Waals surface area contributed by atoms with Gasteiger partial charge in [-0.25, -0.2) is 0 Å². The van der Waals surface area contributed by atoms with E-state index in [-0.39, 0.29) is 0 Å². The number of amides is 1. The van der Waals surface area contributed by atoms with E-state index in [0.717, 1.165) is 11.3 Å². The summed E-state index contributed by atoms with van der Waals surface area (Å²) in [4.78, 5) is 12.5. The van der Waals surface area contributed by atoms with Gasteiger partial charge >= 0.3 is 6.18 Å². The Morgan fingerprint density at radius 3 is 2.07 bits per heavy atom. The van der Waals surface area contributed by atoms with Crippen molar-refractivity contribution in [3.8, 4) is 0 Å². The maximum atomic E-state index is 12.3. The Balaban J connectivity index is 2.74. The Labute approximate surface area is 85.9 Å². The Morgan fingerprint density at radius 1 is 1.20 bits per heavy atom. The van der Waals surface area contributed by atoms with Crippen LogP contribution in [0.1, 0.15) is 26.2 Å². The highest BCUT2D eigenvalue weighted by molar-refractivity contribution is 5.85. The van der Waals surface area contributed by atoms with Crippen molar-refractivity contribution in [2.24, 2.45) is 0 Å². The molecule has 3 nitrogen and oxygen atoms in total. The highest BCUT2D eigenvalue weighted by atomic mass is 19.4. The van der Waals surface area contributed by atoms with Gasteiger partial charge in [0.2, 0.25) is 5.60 Å². The number of nitrogens with zero attached hydrogens (tertiary/aromatic N) is 1. The summed E-state index contributed by atoms with van der Waals surface area (Å²) in [5.74, 6) is -1.24. The topological polar surface area (TPSA) is 40.5 Å². The lowest BCUT2D eigenvalue weighted by Crippen LogP contribution is -2.56. The minimum Gasteiger partial charge on any atom is -0.373 e. The monoisotopic (exact) mass is 225 g/mol. The van der Waals surface area contributed by atoms with Crippen LogP contribution in [0.15, 0.2) is 0 Å². The maximum Gasteiger partial charge on any atom is 0.426 e. The minimum atomic E-state index is -4.92. The molecule has 0 radical (unpaired) electrons. The van der Waals surface area contributed by atoms with Crippen LogP contribution in [-0.2, 0) is 4.79 Å². The Kier molecular flexibility index (Phi) is 3.28. The molecule has 1 unspecified atom stereocenters. The lowest BCUT2D eigenvalue weighted by atomic mass is 10.0. The standard InChI is InChI=1S/C9H14F3NO2/c1-8(15,9(10,11)12)7(14)13-5-3-2-4-6-13/h15H,2-6H2,1H3. The molecule has 1 atom stereocenters. The van der Waals surface area contributed by atoms with Gasteiger partial charge in [-0.15, -0.1) is 0 Å². The molecule has 0 aromatic carbocycles. The molecule has 1 fully saturated rings. The first-order valence-corrected chi connectivity index (χ1v) is 4.85. The smallest absolute Gasteiger partial charge is 0.373 e. The van der Waals surface area contributed by atoms with Gasteiger partial charge in [-0.1, -0.05) is 0 Å². The number of likely N-dealkylation sites (tertiary alicyclic amines) is 1. The van der Waals surface area contributed by atoms with Crippen molar-refractivity contribution < 1.29 is 23.1 Å². The molecule has 0 saturated carbocycles. The molecule has 0 spiro atoms. The summed E-state index contributed by atoms with van der Waals surface area (Å²) in [5.41, 5.74) is -3.26. The lowest BCUT2D eigenvalue weighted by Gasteiger charge is -2.34. The zero-order valence-electron chi connectivity index (χ0n) is 8.47. The van der Waals surface area contributed by atoms with E-state index < -0.39 is 17.7 Å². The fourth-order valence-electron chi connectivity index (χ4n) is 1.53.